The van der Waals surface area contributed by atoms with Gasteiger partial charge >= 0.3 is 0 Å². The molecular weight excluding hydrogens is 331 g/mol. The lowest BCUT2D eigenvalue weighted by Crippen LogP contribution is -2.43. The Morgan fingerprint density at radius 1 is 1.23 bits per heavy atom. The van der Waals surface area contributed by atoms with Crippen LogP contribution >= 0.6 is 0 Å². The van der Waals surface area contributed by atoms with E-state index in [2.05, 4.69) is 18.9 Å². The van der Waals surface area contributed by atoms with Crippen molar-refractivity contribution < 1.29 is 9.18 Å². The number of hydrogen-bond acceptors (Lipinski definition) is 3. The third-order valence-electron chi connectivity index (χ3n) is 5.00. The zero-order valence-corrected chi connectivity index (χ0v) is 16.2. The molecule has 0 aliphatic carbocycles. The van der Waals surface area contributed by atoms with E-state index in [1.54, 1.807) is 11.0 Å². The van der Waals surface area contributed by atoms with Crippen molar-refractivity contribution in [2.75, 3.05) is 29.9 Å². The minimum absolute atomic E-state index is 0.0289. The Morgan fingerprint density at radius 2 is 1.96 bits per heavy atom. The number of nitrogens with zero attached hydrogens (tertiary/aromatic N) is 4. The molecule has 140 valence electrons. The molecule has 0 unspecified atom stereocenters. The number of anilines is 2. The highest BCUT2D eigenvalue weighted by atomic mass is 19.1. The van der Waals surface area contributed by atoms with E-state index in [1.165, 1.54) is 12.1 Å². The summed E-state index contributed by atoms with van der Waals surface area (Å²) >= 11 is 0. The van der Waals surface area contributed by atoms with E-state index in [-0.39, 0.29) is 11.7 Å². The van der Waals surface area contributed by atoms with Crippen molar-refractivity contribution in [2.45, 2.75) is 40.7 Å². The van der Waals surface area contributed by atoms with Crippen LogP contribution in [0.2, 0.25) is 0 Å². The number of rotatable bonds is 4. The summed E-state index contributed by atoms with van der Waals surface area (Å²) in [6.07, 6.45) is 0.316. The van der Waals surface area contributed by atoms with Gasteiger partial charge in [-0.2, -0.15) is 5.10 Å². The number of aryl methyl sites for hydroxylation is 1. The SMILES string of the molecule is Cc1nn(CC(C)C)c(C)c1CC(=O)N1CCN(C)c2cc(F)ccc21. The second kappa shape index (κ2) is 7.09. The number of carbonyl (C=O) groups is 1. The van der Waals surface area contributed by atoms with Gasteiger partial charge in [-0.1, -0.05) is 13.8 Å². The lowest BCUT2D eigenvalue weighted by atomic mass is 10.1. The van der Waals surface area contributed by atoms with Crippen LogP contribution in [-0.4, -0.2) is 35.8 Å². The summed E-state index contributed by atoms with van der Waals surface area (Å²) in [5.74, 6) is 0.240. The van der Waals surface area contributed by atoms with Crippen molar-refractivity contribution in [3.8, 4) is 0 Å². The fraction of sp³-hybridized carbons (Fsp3) is 0.500. The van der Waals surface area contributed by atoms with E-state index in [1.807, 2.05) is 30.5 Å². The molecule has 3 rings (SSSR count). The molecular formula is C20H27FN4O. The third-order valence-corrected chi connectivity index (χ3v) is 5.00. The molecule has 0 radical (unpaired) electrons. The smallest absolute Gasteiger partial charge is 0.231 e. The van der Waals surface area contributed by atoms with Gasteiger partial charge in [-0.3, -0.25) is 9.48 Å². The van der Waals surface area contributed by atoms with Crippen molar-refractivity contribution in [3.63, 3.8) is 0 Å². The molecule has 0 bridgehead atoms. The molecule has 0 N–H and O–H groups in total. The fourth-order valence-corrected chi connectivity index (χ4v) is 3.54. The molecule has 1 aromatic heterocycles. The summed E-state index contributed by atoms with van der Waals surface area (Å²) in [6.45, 7) is 10.4. The number of amides is 1. The fourth-order valence-electron chi connectivity index (χ4n) is 3.54. The number of fused-ring (bicyclic) bond motifs is 1. The highest BCUT2D eigenvalue weighted by molar-refractivity contribution is 5.99. The average Bonchev–Trinajstić information content (AvgIpc) is 2.82. The molecule has 2 heterocycles. The maximum atomic E-state index is 13.6. The number of halogens is 1. The molecule has 1 aliphatic heterocycles. The van der Waals surface area contributed by atoms with Crippen LogP contribution in [0.3, 0.4) is 0 Å². The second-order valence-electron chi connectivity index (χ2n) is 7.50. The van der Waals surface area contributed by atoms with Crippen LogP contribution in [0, 0.1) is 25.6 Å². The largest absolute Gasteiger partial charge is 0.371 e. The van der Waals surface area contributed by atoms with Gasteiger partial charge in [0.2, 0.25) is 5.91 Å². The Morgan fingerprint density at radius 3 is 2.65 bits per heavy atom. The molecule has 6 heteroatoms. The van der Waals surface area contributed by atoms with Gasteiger partial charge in [0, 0.05) is 37.9 Å². The lowest BCUT2D eigenvalue weighted by Gasteiger charge is -2.35. The van der Waals surface area contributed by atoms with E-state index < -0.39 is 0 Å². The van der Waals surface area contributed by atoms with E-state index >= 15 is 0 Å². The van der Waals surface area contributed by atoms with Crippen molar-refractivity contribution >= 4 is 17.3 Å². The summed E-state index contributed by atoms with van der Waals surface area (Å²) in [5.41, 5.74) is 4.49. The van der Waals surface area contributed by atoms with Crippen LogP contribution in [0.25, 0.3) is 0 Å². The summed E-state index contributed by atoms with van der Waals surface area (Å²) in [4.78, 5) is 16.8. The number of benzene rings is 1. The Kier molecular flexibility index (Phi) is 5.03. The van der Waals surface area contributed by atoms with Gasteiger partial charge in [-0.15, -0.1) is 0 Å². The first kappa shape index (κ1) is 18.4. The zero-order chi connectivity index (χ0) is 19.0. The highest BCUT2D eigenvalue weighted by Gasteiger charge is 2.27. The van der Waals surface area contributed by atoms with Crippen LogP contribution in [-0.2, 0) is 17.8 Å². The topological polar surface area (TPSA) is 41.4 Å². The number of carbonyl (C=O) groups excluding carboxylic acids is 1. The Hall–Kier alpha value is -2.37. The highest BCUT2D eigenvalue weighted by Crippen LogP contribution is 2.33. The molecule has 26 heavy (non-hydrogen) atoms. The molecule has 1 aromatic carbocycles. The molecule has 0 saturated heterocycles. The van der Waals surface area contributed by atoms with E-state index in [9.17, 15) is 9.18 Å². The molecule has 0 atom stereocenters. The lowest BCUT2D eigenvalue weighted by molar-refractivity contribution is -0.118. The van der Waals surface area contributed by atoms with Gasteiger partial charge in [-0.05, 0) is 38.0 Å². The van der Waals surface area contributed by atoms with Crippen molar-refractivity contribution in [1.29, 1.82) is 0 Å². The minimum Gasteiger partial charge on any atom is -0.371 e. The van der Waals surface area contributed by atoms with Gasteiger partial charge in [-0.25, -0.2) is 4.39 Å². The Labute approximate surface area is 154 Å². The van der Waals surface area contributed by atoms with Crippen LogP contribution in [0.1, 0.15) is 30.8 Å². The second-order valence-corrected chi connectivity index (χ2v) is 7.50. The average molecular weight is 358 g/mol. The summed E-state index contributed by atoms with van der Waals surface area (Å²) in [5, 5.41) is 4.60. The van der Waals surface area contributed by atoms with Gasteiger partial charge in [0.25, 0.3) is 0 Å². The molecule has 1 aliphatic rings. The van der Waals surface area contributed by atoms with Crippen LogP contribution in [0.5, 0.6) is 0 Å². The summed E-state index contributed by atoms with van der Waals surface area (Å²) < 4.78 is 15.6. The number of likely N-dealkylation sites (N-methyl/N-ethyl adjacent to an activating group) is 1. The van der Waals surface area contributed by atoms with Crippen molar-refractivity contribution in [1.82, 2.24) is 9.78 Å². The van der Waals surface area contributed by atoms with E-state index in [0.29, 0.717) is 25.4 Å². The molecule has 1 amide bonds. The van der Waals surface area contributed by atoms with Gasteiger partial charge in [0.05, 0.1) is 23.5 Å². The van der Waals surface area contributed by atoms with E-state index in [0.717, 1.165) is 34.9 Å². The van der Waals surface area contributed by atoms with Crippen LogP contribution in [0.15, 0.2) is 18.2 Å². The molecule has 0 spiro atoms. The Bertz CT molecular complexity index is 827. The zero-order valence-electron chi connectivity index (χ0n) is 16.2. The first-order chi connectivity index (χ1) is 12.3. The predicted octanol–water partition coefficient (Wildman–Crippen LogP) is 3.32. The monoisotopic (exact) mass is 358 g/mol. The van der Waals surface area contributed by atoms with Gasteiger partial charge < -0.3 is 9.80 Å². The molecule has 5 nitrogen and oxygen atoms in total. The first-order valence-corrected chi connectivity index (χ1v) is 9.12. The standard InChI is InChI=1S/C20H27FN4O/c1-13(2)12-25-15(4)17(14(3)22-25)11-20(26)24-9-8-23(5)19-10-16(21)6-7-18(19)24/h6-7,10,13H,8-9,11-12H2,1-5H3. The maximum Gasteiger partial charge on any atom is 0.231 e. The van der Waals surface area contributed by atoms with Crippen molar-refractivity contribution in [3.05, 3.63) is 41.0 Å². The molecule has 0 fully saturated rings. The molecule has 0 saturated carbocycles. The first-order valence-electron chi connectivity index (χ1n) is 9.12. The Balaban J connectivity index is 1.86. The third kappa shape index (κ3) is 3.45. The number of aromatic nitrogens is 2. The van der Waals surface area contributed by atoms with Crippen LogP contribution in [0.4, 0.5) is 15.8 Å². The maximum absolute atomic E-state index is 13.6. The van der Waals surface area contributed by atoms with Crippen LogP contribution < -0.4 is 9.80 Å². The minimum atomic E-state index is -0.286. The van der Waals surface area contributed by atoms with Gasteiger partial charge in [0.1, 0.15) is 5.82 Å². The van der Waals surface area contributed by atoms with Crippen molar-refractivity contribution in [2.24, 2.45) is 5.92 Å². The summed E-state index contributed by atoms with van der Waals surface area (Å²) in [7, 11) is 1.92. The summed E-state index contributed by atoms with van der Waals surface area (Å²) in [6, 6.07) is 4.60. The normalized spacial score (nSPS) is 14.1. The predicted molar refractivity (Wildman–Crippen MR) is 102 cm³/mol. The number of hydrogen-bond donors (Lipinski definition) is 0. The van der Waals surface area contributed by atoms with E-state index in [4.69, 9.17) is 0 Å². The molecule has 2 aromatic rings. The van der Waals surface area contributed by atoms with Gasteiger partial charge in [0.15, 0.2) is 0 Å². The quantitative estimate of drug-likeness (QED) is 0.842.